The summed E-state index contributed by atoms with van der Waals surface area (Å²) in [7, 11) is 0. The van der Waals surface area contributed by atoms with Crippen LogP contribution in [0.25, 0.3) is 0 Å². The lowest BCUT2D eigenvalue weighted by Crippen LogP contribution is -2.23. The molecule has 0 aliphatic carbocycles. The number of furan rings is 1. The van der Waals surface area contributed by atoms with E-state index in [1.165, 1.54) is 18.4 Å². The van der Waals surface area contributed by atoms with E-state index in [4.69, 9.17) is 16.0 Å². The Hall–Kier alpha value is -0.910. The van der Waals surface area contributed by atoms with Gasteiger partial charge in [0.25, 0.3) is 0 Å². The van der Waals surface area contributed by atoms with E-state index in [0.717, 1.165) is 0 Å². The number of hydrogen-bond donors (Lipinski definition) is 1. The summed E-state index contributed by atoms with van der Waals surface area (Å²) >= 11 is 9.01. The summed E-state index contributed by atoms with van der Waals surface area (Å²) in [6.07, 6.45) is 1.60. The second-order valence-corrected chi connectivity index (χ2v) is 5.48. The summed E-state index contributed by atoms with van der Waals surface area (Å²) in [6, 6.07) is 3.97. The molecule has 0 spiro atoms. The van der Waals surface area contributed by atoms with Gasteiger partial charge in [-0.2, -0.15) is 0 Å². The summed E-state index contributed by atoms with van der Waals surface area (Å²) in [5, 5.41) is 3.38. The number of likely N-dealkylation sites (N-methyl/N-ethyl adjacent to an activating group) is 1. The van der Waals surface area contributed by atoms with Gasteiger partial charge in [0.1, 0.15) is 11.6 Å². The molecule has 6 heteroatoms. The van der Waals surface area contributed by atoms with Crippen LogP contribution in [0.5, 0.6) is 0 Å². The smallest absolute Gasteiger partial charge is 0.197 e. The molecule has 0 bridgehead atoms. The lowest BCUT2D eigenvalue weighted by molar-refractivity contribution is 0.490. The molecule has 2 nitrogen and oxygen atoms in total. The molecule has 1 atom stereocenters. The lowest BCUT2D eigenvalue weighted by atomic mass is 10.00. The van der Waals surface area contributed by atoms with Crippen LogP contribution in [0.4, 0.5) is 8.78 Å². The van der Waals surface area contributed by atoms with Crippen molar-refractivity contribution >= 4 is 27.5 Å². The first kappa shape index (κ1) is 15.5. The summed E-state index contributed by atoms with van der Waals surface area (Å²) in [5.74, 6) is -1.17. The van der Waals surface area contributed by atoms with Gasteiger partial charge in [0.15, 0.2) is 5.22 Å². The number of hydrogen-bond acceptors (Lipinski definition) is 2. The van der Waals surface area contributed by atoms with Gasteiger partial charge >= 0.3 is 0 Å². The molecule has 2 aromatic rings. The molecule has 0 fully saturated rings. The van der Waals surface area contributed by atoms with E-state index in [-0.39, 0.29) is 27.7 Å². The highest BCUT2D eigenvalue weighted by atomic mass is 79.9. The molecule has 1 N–H and O–H groups in total. The molecule has 2 rings (SSSR count). The van der Waals surface area contributed by atoms with E-state index < -0.39 is 11.6 Å². The zero-order chi connectivity index (χ0) is 14.7. The molecule has 0 aliphatic rings. The van der Waals surface area contributed by atoms with Crippen molar-refractivity contribution in [3.05, 3.63) is 56.9 Å². The Morgan fingerprint density at radius 3 is 2.70 bits per heavy atom. The summed E-state index contributed by atoms with van der Waals surface area (Å²) in [5.41, 5.74) is 0.704. The molecule has 1 heterocycles. The minimum atomic E-state index is -0.590. The van der Waals surface area contributed by atoms with Crippen LogP contribution in [0.3, 0.4) is 0 Å². The van der Waals surface area contributed by atoms with Crippen LogP contribution in [-0.4, -0.2) is 6.54 Å². The van der Waals surface area contributed by atoms with E-state index in [1.54, 1.807) is 6.07 Å². The van der Waals surface area contributed by atoms with Gasteiger partial charge < -0.3 is 9.73 Å². The fourth-order valence-electron chi connectivity index (χ4n) is 2.05. The number of nitrogens with one attached hydrogen (secondary N) is 1. The van der Waals surface area contributed by atoms with Crippen LogP contribution in [0.2, 0.25) is 5.22 Å². The molecule has 1 unspecified atom stereocenters. The molecule has 0 radical (unpaired) electrons. The average molecular weight is 365 g/mol. The van der Waals surface area contributed by atoms with E-state index >= 15 is 0 Å². The highest BCUT2D eigenvalue weighted by Gasteiger charge is 2.21. The first-order chi connectivity index (χ1) is 9.54. The van der Waals surface area contributed by atoms with Crippen molar-refractivity contribution in [2.45, 2.75) is 19.4 Å². The van der Waals surface area contributed by atoms with E-state index in [0.29, 0.717) is 12.1 Å². The third-order valence-electron chi connectivity index (χ3n) is 3.02. The third-order valence-corrected chi connectivity index (χ3v) is 3.94. The maximum absolute atomic E-state index is 14.0. The minimum absolute atomic E-state index is 0.0163. The first-order valence-corrected chi connectivity index (χ1v) is 7.30. The molecule has 0 saturated carbocycles. The zero-order valence-corrected chi connectivity index (χ0v) is 13.1. The van der Waals surface area contributed by atoms with Crippen molar-refractivity contribution < 1.29 is 13.2 Å². The number of halogens is 4. The van der Waals surface area contributed by atoms with E-state index in [9.17, 15) is 8.78 Å². The van der Waals surface area contributed by atoms with Crippen molar-refractivity contribution in [2.75, 3.05) is 6.54 Å². The molecule has 1 aromatic carbocycles. The highest BCUT2D eigenvalue weighted by Crippen LogP contribution is 2.30. The van der Waals surface area contributed by atoms with Gasteiger partial charge in [0.2, 0.25) is 0 Å². The van der Waals surface area contributed by atoms with Crippen LogP contribution < -0.4 is 5.32 Å². The van der Waals surface area contributed by atoms with E-state index in [1.807, 2.05) is 6.92 Å². The fraction of sp³-hybridized carbons (Fsp3) is 0.286. The largest absolute Gasteiger partial charge is 0.453 e. The van der Waals surface area contributed by atoms with Crippen molar-refractivity contribution in [3.63, 3.8) is 0 Å². The second kappa shape index (κ2) is 6.70. The predicted octanol–water partition coefficient (Wildman–Crippen LogP) is 4.87. The highest BCUT2D eigenvalue weighted by molar-refractivity contribution is 9.10. The number of benzene rings is 1. The topological polar surface area (TPSA) is 25.2 Å². The molecule has 0 saturated heterocycles. The Morgan fingerprint density at radius 2 is 2.10 bits per heavy atom. The SMILES string of the molecule is CCNC(Cc1c(F)ccc(Br)c1F)c1ccoc1Cl. The van der Waals surface area contributed by atoms with Gasteiger partial charge in [-0.1, -0.05) is 6.92 Å². The Morgan fingerprint density at radius 1 is 1.35 bits per heavy atom. The zero-order valence-electron chi connectivity index (χ0n) is 10.7. The summed E-state index contributed by atoms with van der Waals surface area (Å²) < 4.78 is 33.1. The van der Waals surface area contributed by atoms with Crippen LogP contribution in [0, 0.1) is 11.6 Å². The van der Waals surface area contributed by atoms with Gasteiger partial charge in [-0.15, -0.1) is 0 Å². The monoisotopic (exact) mass is 363 g/mol. The fourth-order valence-corrected chi connectivity index (χ4v) is 2.67. The van der Waals surface area contributed by atoms with Crippen LogP contribution in [-0.2, 0) is 6.42 Å². The van der Waals surface area contributed by atoms with Gasteiger partial charge in [0.05, 0.1) is 10.7 Å². The van der Waals surface area contributed by atoms with Gasteiger partial charge in [-0.05, 0) is 58.7 Å². The Bertz CT molecular complexity index is 603. The van der Waals surface area contributed by atoms with Gasteiger partial charge in [0, 0.05) is 17.2 Å². The van der Waals surface area contributed by atoms with Gasteiger partial charge in [-0.3, -0.25) is 0 Å². The van der Waals surface area contributed by atoms with Crippen molar-refractivity contribution in [2.24, 2.45) is 0 Å². The third kappa shape index (κ3) is 3.22. The number of rotatable bonds is 5. The summed E-state index contributed by atoms with van der Waals surface area (Å²) in [4.78, 5) is 0. The lowest BCUT2D eigenvalue weighted by Gasteiger charge is -2.18. The average Bonchev–Trinajstić information content (AvgIpc) is 2.84. The molecule has 108 valence electrons. The summed E-state index contributed by atoms with van der Waals surface area (Å²) in [6.45, 7) is 2.55. The van der Waals surface area contributed by atoms with E-state index in [2.05, 4.69) is 21.2 Å². The van der Waals surface area contributed by atoms with Crippen molar-refractivity contribution in [1.82, 2.24) is 5.32 Å². The second-order valence-electron chi connectivity index (χ2n) is 4.29. The maximum Gasteiger partial charge on any atom is 0.197 e. The standard InChI is InChI=1S/C14H13BrClF2NO/c1-2-19-12(8-5-6-20-14(8)16)7-9-11(17)4-3-10(15)13(9)18/h3-6,12,19H,2,7H2,1H3. The predicted molar refractivity (Wildman–Crippen MR) is 77.9 cm³/mol. The molecular formula is C14H13BrClF2NO. The maximum atomic E-state index is 14.0. The first-order valence-electron chi connectivity index (χ1n) is 6.13. The van der Waals surface area contributed by atoms with Crippen molar-refractivity contribution in [1.29, 1.82) is 0 Å². The molecule has 0 amide bonds. The molecule has 1 aromatic heterocycles. The molecule has 20 heavy (non-hydrogen) atoms. The Balaban J connectivity index is 2.34. The quantitative estimate of drug-likeness (QED) is 0.766. The van der Waals surface area contributed by atoms with Crippen LogP contribution in [0.1, 0.15) is 24.1 Å². The Kier molecular flexibility index (Phi) is 5.18. The minimum Gasteiger partial charge on any atom is -0.453 e. The molecule has 0 aliphatic heterocycles. The van der Waals surface area contributed by atoms with Crippen LogP contribution in [0.15, 0.2) is 33.4 Å². The molecular weight excluding hydrogens is 352 g/mol. The van der Waals surface area contributed by atoms with Crippen LogP contribution >= 0.6 is 27.5 Å². The van der Waals surface area contributed by atoms with Crippen molar-refractivity contribution in [3.8, 4) is 0 Å². The normalized spacial score (nSPS) is 12.7. The van der Waals surface area contributed by atoms with Gasteiger partial charge in [-0.25, -0.2) is 8.78 Å². The Labute approximate surface area is 129 Å².